The van der Waals surface area contributed by atoms with E-state index in [0.29, 0.717) is 6.54 Å². The summed E-state index contributed by atoms with van der Waals surface area (Å²) in [7, 11) is 0. The van der Waals surface area contributed by atoms with Gasteiger partial charge in [-0.15, -0.1) is 11.3 Å². The minimum Gasteiger partial charge on any atom is -0.362 e. The molecule has 4 aromatic rings. The van der Waals surface area contributed by atoms with Gasteiger partial charge in [0, 0.05) is 23.0 Å². The molecule has 4 rings (SSSR count). The van der Waals surface area contributed by atoms with Crippen molar-refractivity contribution < 1.29 is 0 Å². The smallest absolute Gasteiger partial charge is 0.138 e. The lowest BCUT2D eigenvalue weighted by Gasteiger charge is -2.09. The molecule has 6 heteroatoms. The molecule has 0 aliphatic rings. The van der Waals surface area contributed by atoms with Crippen LogP contribution in [0.1, 0.15) is 10.7 Å². The van der Waals surface area contributed by atoms with Gasteiger partial charge in [-0.25, -0.2) is 15.0 Å². The van der Waals surface area contributed by atoms with E-state index in [-0.39, 0.29) is 0 Å². The SMILES string of the molecule is Cc1cc2c(NCc3nccn3-c3ccccc3)ncnc2s1. The Kier molecular flexibility index (Phi) is 3.51. The number of anilines is 1. The maximum absolute atomic E-state index is 4.45. The average Bonchev–Trinajstić information content (AvgIpc) is 3.19. The molecule has 3 aromatic heterocycles. The van der Waals surface area contributed by atoms with Gasteiger partial charge in [0.25, 0.3) is 0 Å². The van der Waals surface area contributed by atoms with E-state index in [1.807, 2.05) is 30.6 Å². The molecule has 23 heavy (non-hydrogen) atoms. The molecule has 0 aliphatic heterocycles. The number of aryl methyl sites for hydroxylation is 1. The Morgan fingerprint density at radius 2 is 2.00 bits per heavy atom. The minimum absolute atomic E-state index is 0.600. The largest absolute Gasteiger partial charge is 0.362 e. The van der Waals surface area contributed by atoms with Crippen LogP contribution in [0, 0.1) is 6.92 Å². The van der Waals surface area contributed by atoms with Crippen molar-refractivity contribution in [3.8, 4) is 5.69 Å². The molecule has 0 saturated heterocycles. The Bertz CT molecular complexity index is 942. The van der Waals surface area contributed by atoms with Crippen molar-refractivity contribution in [3.05, 3.63) is 65.8 Å². The second-order valence-corrected chi connectivity index (χ2v) is 6.44. The minimum atomic E-state index is 0.600. The molecule has 5 nitrogen and oxygen atoms in total. The van der Waals surface area contributed by atoms with Crippen LogP contribution in [-0.2, 0) is 6.54 Å². The summed E-state index contributed by atoms with van der Waals surface area (Å²) in [6.45, 7) is 2.68. The van der Waals surface area contributed by atoms with Crippen LogP contribution in [0.25, 0.3) is 15.9 Å². The zero-order valence-corrected chi connectivity index (χ0v) is 13.4. The van der Waals surface area contributed by atoms with E-state index in [1.54, 1.807) is 17.7 Å². The molecule has 0 spiro atoms. The number of thiophene rings is 1. The van der Waals surface area contributed by atoms with Crippen LogP contribution in [0.2, 0.25) is 0 Å². The fourth-order valence-corrected chi connectivity index (χ4v) is 3.42. The zero-order chi connectivity index (χ0) is 15.6. The molecular formula is C17H15N5S. The Morgan fingerprint density at radius 1 is 1.13 bits per heavy atom. The molecule has 0 unspecified atom stereocenters. The molecule has 1 aromatic carbocycles. The summed E-state index contributed by atoms with van der Waals surface area (Å²) in [5.74, 6) is 1.79. The van der Waals surface area contributed by atoms with Crippen LogP contribution < -0.4 is 5.32 Å². The molecular weight excluding hydrogens is 306 g/mol. The summed E-state index contributed by atoms with van der Waals surface area (Å²) in [6.07, 6.45) is 5.38. The summed E-state index contributed by atoms with van der Waals surface area (Å²) in [6, 6.07) is 12.3. The molecule has 114 valence electrons. The van der Waals surface area contributed by atoms with Gasteiger partial charge < -0.3 is 9.88 Å². The number of rotatable bonds is 4. The van der Waals surface area contributed by atoms with Crippen LogP contribution in [0.3, 0.4) is 0 Å². The first kappa shape index (κ1) is 13.9. The number of nitrogens with zero attached hydrogens (tertiary/aromatic N) is 4. The monoisotopic (exact) mass is 321 g/mol. The molecule has 0 amide bonds. The molecule has 0 atom stereocenters. The van der Waals surface area contributed by atoms with Crippen LogP contribution in [0.5, 0.6) is 0 Å². The van der Waals surface area contributed by atoms with E-state index >= 15 is 0 Å². The lowest BCUT2D eigenvalue weighted by molar-refractivity contribution is 0.895. The Hall–Kier alpha value is -2.73. The van der Waals surface area contributed by atoms with Crippen molar-refractivity contribution in [2.24, 2.45) is 0 Å². The highest BCUT2D eigenvalue weighted by Crippen LogP contribution is 2.27. The van der Waals surface area contributed by atoms with Gasteiger partial charge in [0.15, 0.2) is 0 Å². The van der Waals surface area contributed by atoms with Gasteiger partial charge in [-0.05, 0) is 25.1 Å². The lowest BCUT2D eigenvalue weighted by Crippen LogP contribution is -2.08. The molecule has 0 fully saturated rings. The maximum atomic E-state index is 4.45. The van der Waals surface area contributed by atoms with Gasteiger partial charge in [0.2, 0.25) is 0 Å². The summed E-state index contributed by atoms with van der Waals surface area (Å²) >= 11 is 1.68. The van der Waals surface area contributed by atoms with E-state index in [2.05, 4.69) is 50.0 Å². The summed E-state index contributed by atoms with van der Waals surface area (Å²) in [4.78, 5) is 15.4. The maximum Gasteiger partial charge on any atom is 0.138 e. The number of nitrogens with one attached hydrogen (secondary N) is 1. The third kappa shape index (κ3) is 2.68. The predicted octanol–water partition coefficient (Wildman–Crippen LogP) is 3.80. The van der Waals surface area contributed by atoms with Gasteiger partial charge in [0.05, 0.1) is 11.9 Å². The van der Waals surface area contributed by atoms with Crippen molar-refractivity contribution in [2.75, 3.05) is 5.32 Å². The number of benzene rings is 1. The highest BCUT2D eigenvalue weighted by atomic mass is 32.1. The van der Waals surface area contributed by atoms with Gasteiger partial charge in [-0.2, -0.15) is 0 Å². The summed E-state index contributed by atoms with van der Waals surface area (Å²) in [5, 5.41) is 4.45. The molecule has 0 saturated carbocycles. The standard InChI is InChI=1S/C17H15N5S/c1-12-9-14-16(20-11-21-17(14)23-12)19-10-15-18-7-8-22(15)13-5-3-2-4-6-13/h2-9,11H,10H2,1H3,(H,19,20,21). The average molecular weight is 321 g/mol. The van der Waals surface area contributed by atoms with Crippen molar-refractivity contribution in [1.82, 2.24) is 19.5 Å². The first-order chi connectivity index (χ1) is 11.3. The third-order valence-electron chi connectivity index (χ3n) is 3.62. The van der Waals surface area contributed by atoms with E-state index in [0.717, 1.165) is 27.5 Å². The normalized spacial score (nSPS) is 11.0. The van der Waals surface area contributed by atoms with E-state index in [1.165, 1.54) is 4.88 Å². The van der Waals surface area contributed by atoms with E-state index < -0.39 is 0 Å². The number of imidazole rings is 1. The van der Waals surface area contributed by atoms with Crippen molar-refractivity contribution in [2.45, 2.75) is 13.5 Å². The van der Waals surface area contributed by atoms with Crippen LogP contribution in [0.4, 0.5) is 5.82 Å². The number of aromatic nitrogens is 4. The second-order valence-electron chi connectivity index (χ2n) is 5.20. The van der Waals surface area contributed by atoms with Crippen molar-refractivity contribution >= 4 is 27.4 Å². The van der Waals surface area contributed by atoms with E-state index in [9.17, 15) is 0 Å². The number of hydrogen-bond donors (Lipinski definition) is 1. The lowest BCUT2D eigenvalue weighted by atomic mass is 10.3. The molecule has 0 bridgehead atoms. The van der Waals surface area contributed by atoms with Gasteiger partial charge >= 0.3 is 0 Å². The van der Waals surface area contributed by atoms with Crippen molar-refractivity contribution in [3.63, 3.8) is 0 Å². The fraction of sp³-hybridized carbons (Fsp3) is 0.118. The quantitative estimate of drug-likeness (QED) is 0.621. The highest BCUT2D eigenvalue weighted by Gasteiger charge is 2.09. The Balaban J connectivity index is 1.61. The first-order valence-corrected chi connectivity index (χ1v) is 8.15. The van der Waals surface area contributed by atoms with Crippen LogP contribution >= 0.6 is 11.3 Å². The Labute approximate surface area is 137 Å². The second kappa shape index (κ2) is 5.81. The fourth-order valence-electron chi connectivity index (χ4n) is 2.57. The Morgan fingerprint density at radius 3 is 2.87 bits per heavy atom. The predicted molar refractivity (Wildman–Crippen MR) is 93.0 cm³/mol. The van der Waals surface area contributed by atoms with Crippen LogP contribution in [-0.4, -0.2) is 19.5 Å². The molecule has 0 aliphatic carbocycles. The molecule has 0 radical (unpaired) electrons. The number of fused-ring (bicyclic) bond motifs is 1. The topological polar surface area (TPSA) is 55.6 Å². The van der Waals surface area contributed by atoms with Gasteiger partial charge in [-0.1, -0.05) is 18.2 Å². The molecule has 3 heterocycles. The van der Waals surface area contributed by atoms with Crippen molar-refractivity contribution in [1.29, 1.82) is 0 Å². The zero-order valence-electron chi connectivity index (χ0n) is 12.6. The highest BCUT2D eigenvalue weighted by molar-refractivity contribution is 7.18. The van der Waals surface area contributed by atoms with E-state index in [4.69, 9.17) is 0 Å². The summed E-state index contributed by atoms with van der Waals surface area (Å²) in [5.41, 5.74) is 1.10. The first-order valence-electron chi connectivity index (χ1n) is 7.34. The summed E-state index contributed by atoms with van der Waals surface area (Å²) < 4.78 is 2.07. The van der Waals surface area contributed by atoms with Gasteiger partial charge in [0.1, 0.15) is 22.8 Å². The third-order valence-corrected chi connectivity index (χ3v) is 4.58. The van der Waals surface area contributed by atoms with Crippen LogP contribution in [0.15, 0.2) is 55.1 Å². The molecule has 1 N–H and O–H groups in total. The van der Waals surface area contributed by atoms with Gasteiger partial charge in [-0.3, -0.25) is 0 Å². The number of para-hydroxylation sites is 1. The number of hydrogen-bond acceptors (Lipinski definition) is 5.